The van der Waals surface area contributed by atoms with Gasteiger partial charge in [0.05, 0.1) is 10.8 Å². The predicted molar refractivity (Wildman–Crippen MR) is 105 cm³/mol. The molecule has 0 aliphatic rings. The van der Waals surface area contributed by atoms with Crippen LogP contribution in [-0.2, 0) is 0 Å². The summed E-state index contributed by atoms with van der Waals surface area (Å²) in [5, 5.41) is 0.870. The summed E-state index contributed by atoms with van der Waals surface area (Å²) in [6.45, 7) is 0. The van der Waals surface area contributed by atoms with Gasteiger partial charge in [0.25, 0.3) is 11.1 Å². The van der Waals surface area contributed by atoms with Gasteiger partial charge in [0.2, 0.25) is 11.8 Å². The summed E-state index contributed by atoms with van der Waals surface area (Å²) in [5.41, 5.74) is 1.53. The summed E-state index contributed by atoms with van der Waals surface area (Å²) in [6.07, 6.45) is 0. The van der Waals surface area contributed by atoms with Crippen molar-refractivity contribution in [3.63, 3.8) is 0 Å². The van der Waals surface area contributed by atoms with E-state index in [4.69, 9.17) is 8.83 Å². The molecule has 0 radical (unpaired) electrons. The standard InChI is InChI=1S/C22H12N2O4/c25-19-15-5-1-3-7-17(15)27-21(23-19)13-9-11-14(12-10-13)22-24-20(26)16-6-2-4-8-18(16)28-22/h1-12H. The molecule has 0 aliphatic carbocycles. The number of hydrogen-bond donors (Lipinski definition) is 0. The Morgan fingerprint density at radius 3 is 1.36 bits per heavy atom. The first-order valence-corrected chi connectivity index (χ1v) is 8.60. The van der Waals surface area contributed by atoms with Gasteiger partial charge in [-0.15, -0.1) is 0 Å². The summed E-state index contributed by atoms with van der Waals surface area (Å²) in [5.74, 6) is 0.450. The topological polar surface area (TPSA) is 86.2 Å². The molecule has 5 aromatic rings. The number of benzene rings is 3. The maximum absolute atomic E-state index is 12.2. The minimum atomic E-state index is -0.344. The molecule has 5 rings (SSSR count). The van der Waals surface area contributed by atoms with E-state index in [1.165, 1.54) is 0 Å². The van der Waals surface area contributed by atoms with Crippen molar-refractivity contribution in [1.82, 2.24) is 9.97 Å². The maximum atomic E-state index is 12.2. The van der Waals surface area contributed by atoms with Gasteiger partial charge in [-0.1, -0.05) is 24.3 Å². The largest absolute Gasteiger partial charge is 0.437 e. The van der Waals surface area contributed by atoms with Crippen LogP contribution in [0.25, 0.3) is 44.8 Å². The summed E-state index contributed by atoms with van der Waals surface area (Å²) >= 11 is 0. The molecule has 0 spiro atoms. The van der Waals surface area contributed by atoms with Crippen molar-refractivity contribution in [2.45, 2.75) is 0 Å². The van der Waals surface area contributed by atoms with Crippen molar-refractivity contribution in [2.75, 3.05) is 0 Å². The molecular formula is C22H12N2O4. The Bertz CT molecular complexity index is 1340. The number of rotatable bonds is 2. The molecule has 6 heteroatoms. The number of hydrogen-bond acceptors (Lipinski definition) is 6. The highest BCUT2D eigenvalue weighted by Crippen LogP contribution is 2.25. The number of fused-ring (bicyclic) bond motifs is 2. The third kappa shape index (κ3) is 2.68. The third-order valence-electron chi connectivity index (χ3n) is 4.43. The second-order valence-corrected chi connectivity index (χ2v) is 6.22. The fourth-order valence-corrected chi connectivity index (χ4v) is 3.03. The highest BCUT2D eigenvalue weighted by Gasteiger charge is 2.11. The number of para-hydroxylation sites is 2. The van der Waals surface area contributed by atoms with E-state index in [0.717, 1.165) is 0 Å². The van der Waals surface area contributed by atoms with Crippen molar-refractivity contribution in [3.8, 4) is 22.9 Å². The van der Waals surface area contributed by atoms with Crippen LogP contribution in [0.5, 0.6) is 0 Å². The Labute approximate surface area is 157 Å². The van der Waals surface area contributed by atoms with Crippen LogP contribution >= 0.6 is 0 Å². The van der Waals surface area contributed by atoms with Crippen LogP contribution in [0.4, 0.5) is 0 Å². The Hall–Kier alpha value is -4.06. The fourth-order valence-electron chi connectivity index (χ4n) is 3.03. The van der Waals surface area contributed by atoms with Gasteiger partial charge in [-0.3, -0.25) is 9.59 Å². The van der Waals surface area contributed by atoms with Gasteiger partial charge in [0, 0.05) is 11.1 Å². The zero-order chi connectivity index (χ0) is 19.1. The van der Waals surface area contributed by atoms with Crippen LogP contribution < -0.4 is 11.1 Å². The normalized spacial score (nSPS) is 11.1. The minimum Gasteiger partial charge on any atom is -0.437 e. The smallest absolute Gasteiger partial charge is 0.284 e. The number of aromatic nitrogens is 2. The fraction of sp³-hybridized carbons (Fsp3) is 0. The van der Waals surface area contributed by atoms with Gasteiger partial charge >= 0.3 is 0 Å². The molecule has 3 aromatic carbocycles. The molecule has 2 heterocycles. The lowest BCUT2D eigenvalue weighted by atomic mass is 10.1. The first-order valence-electron chi connectivity index (χ1n) is 8.60. The van der Waals surface area contributed by atoms with Crippen LogP contribution in [0.3, 0.4) is 0 Å². The monoisotopic (exact) mass is 368 g/mol. The van der Waals surface area contributed by atoms with Gasteiger partial charge in [0.15, 0.2) is 0 Å². The van der Waals surface area contributed by atoms with Gasteiger partial charge in [-0.2, -0.15) is 9.97 Å². The molecular weight excluding hydrogens is 356 g/mol. The van der Waals surface area contributed by atoms with Crippen LogP contribution in [0.2, 0.25) is 0 Å². The Kier molecular flexibility index (Phi) is 3.62. The molecule has 0 saturated carbocycles. The number of nitrogens with zero attached hydrogens (tertiary/aromatic N) is 2. The van der Waals surface area contributed by atoms with E-state index in [1.807, 2.05) is 0 Å². The van der Waals surface area contributed by atoms with Crippen LogP contribution in [0, 0.1) is 0 Å². The minimum absolute atomic E-state index is 0.225. The average molecular weight is 368 g/mol. The molecule has 0 N–H and O–H groups in total. The molecule has 0 aliphatic heterocycles. The van der Waals surface area contributed by atoms with Crippen molar-refractivity contribution in [1.29, 1.82) is 0 Å². The van der Waals surface area contributed by atoms with Crippen molar-refractivity contribution >= 4 is 21.9 Å². The Morgan fingerprint density at radius 1 is 0.536 bits per heavy atom. The zero-order valence-electron chi connectivity index (χ0n) is 14.5. The molecule has 0 atom stereocenters. The lowest BCUT2D eigenvalue weighted by molar-refractivity contribution is 0.593. The molecule has 0 bridgehead atoms. The van der Waals surface area contributed by atoms with Crippen molar-refractivity contribution in [3.05, 3.63) is 93.5 Å². The van der Waals surface area contributed by atoms with Gasteiger partial charge in [-0.05, 0) is 48.5 Å². The van der Waals surface area contributed by atoms with E-state index in [0.29, 0.717) is 33.1 Å². The molecule has 28 heavy (non-hydrogen) atoms. The van der Waals surface area contributed by atoms with E-state index in [-0.39, 0.29) is 22.9 Å². The second-order valence-electron chi connectivity index (χ2n) is 6.22. The molecule has 0 amide bonds. The average Bonchev–Trinajstić information content (AvgIpc) is 2.74. The maximum Gasteiger partial charge on any atom is 0.284 e. The van der Waals surface area contributed by atoms with E-state index < -0.39 is 0 Å². The van der Waals surface area contributed by atoms with E-state index in [2.05, 4.69) is 9.97 Å². The molecule has 2 aromatic heterocycles. The first-order chi connectivity index (χ1) is 13.7. The molecule has 0 unspecified atom stereocenters. The van der Waals surface area contributed by atoms with E-state index in [9.17, 15) is 9.59 Å². The summed E-state index contributed by atoms with van der Waals surface area (Å²) in [4.78, 5) is 32.4. The lowest BCUT2D eigenvalue weighted by Gasteiger charge is -2.04. The Balaban J connectivity index is 1.58. The lowest BCUT2D eigenvalue weighted by Crippen LogP contribution is -2.07. The predicted octanol–water partition coefficient (Wildman–Crippen LogP) is 4.02. The van der Waals surface area contributed by atoms with E-state index in [1.54, 1.807) is 72.8 Å². The first kappa shape index (κ1) is 16.1. The van der Waals surface area contributed by atoms with Crippen LogP contribution in [0.15, 0.2) is 91.2 Å². The molecule has 0 saturated heterocycles. The Morgan fingerprint density at radius 2 is 0.929 bits per heavy atom. The third-order valence-corrected chi connectivity index (χ3v) is 4.43. The van der Waals surface area contributed by atoms with Gasteiger partial charge in [0.1, 0.15) is 11.2 Å². The van der Waals surface area contributed by atoms with Gasteiger partial charge < -0.3 is 8.83 Å². The van der Waals surface area contributed by atoms with Gasteiger partial charge in [-0.25, -0.2) is 0 Å². The highest BCUT2D eigenvalue weighted by molar-refractivity contribution is 5.78. The van der Waals surface area contributed by atoms with E-state index >= 15 is 0 Å². The molecule has 134 valence electrons. The highest BCUT2D eigenvalue weighted by atomic mass is 16.3. The molecule has 6 nitrogen and oxygen atoms in total. The second kappa shape index (κ2) is 6.28. The van der Waals surface area contributed by atoms with Crippen molar-refractivity contribution in [2.24, 2.45) is 0 Å². The van der Waals surface area contributed by atoms with Crippen LogP contribution in [-0.4, -0.2) is 9.97 Å². The zero-order valence-corrected chi connectivity index (χ0v) is 14.5. The quantitative estimate of drug-likeness (QED) is 0.468. The van der Waals surface area contributed by atoms with Crippen LogP contribution in [0.1, 0.15) is 0 Å². The van der Waals surface area contributed by atoms with Crippen molar-refractivity contribution < 1.29 is 8.83 Å². The SMILES string of the molecule is O=c1nc(-c2ccc(-c3nc(=O)c4ccccc4o3)cc2)oc2ccccc12. The summed E-state index contributed by atoms with van der Waals surface area (Å²) < 4.78 is 11.5. The summed E-state index contributed by atoms with van der Waals surface area (Å²) in [7, 11) is 0. The molecule has 0 fully saturated rings. The summed E-state index contributed by atoms with van der Waals surface area (Å²) in [6, 6.07) is 20.9.